The van der Waals surface area contributed by atoms with E-state index in [4.69, 9.17) is 4.52 Å². The molecule has 0 saturated carbocycles. The van der Waals surface area contributed by atoms with Gasteiger partial charge in [0.25, 0.3) is 5.95 Å². The number of aryl methyl sites for hydroxylation is 3. The Hall–Kier alpha value is -3.03. The molecule has 25 heavy (non-hydrogen) atoms. The van der Waals surface area contributed by atoms with Gasteiger partial charge in [-0.2, -0.15) is 5.10 Å². The molecule has 3 aromatic heterocycles. The second-order valence-corrected chi connectivity index (χ2v) is 6.01. The van der Waals surface area contributed by atoms with E-state index in [0.717, 1.165) is 28.2 Å². The number of hydrogen-bond donors (Lipinski definition) is 1. The summed E-state index contributed by atoms with van der Waals surface area (Å²) in [6, 6.07) is 0. The van der Waals surface area contributed by atoms with Crippen LogP contribution in [0.2, 0.25) is 0 Å². The molecule has 8 nitrogen and oxygen atoms in total. The number of nitrogens with zero attached hydrogens (tertiary/aromatic N) is 5. The van der Waals surface area contributed by atoms with Crippen molar-refractivity contribution in [2.75, 3.05) is 5.32 Å². The summed E-state index contributed by atoms with van der Waals surface area (Å²) in [5.41, 5.74) is 5.09. The summed E-state index contributed by atoms with van der Waals surface area (Å²) in [4.78, 5) is 20.8. The maximum atomic E-state index is 12.2. The summed E-state index contributed by atoms with van der Waals surface area (Å²) in [7, 11) is 0. The lowest BCUT2D eigenvalue weighted by molar-refractivity contribution is -0.115. The lowest BCUT2D eigenvalue weighted by atomic mass is 10.1. The highest BCUT2D eigenvalue weighted by atomic mass is 16.5. The molecule has 0 unspecified atom stereocenters. The normalized spacial score (nSPS) is 10.9. The first-order valence-electron chi connectivity index (χ1n) is 7.93. The van der Waals surface area contributed by atoms with Gasteiger partial charge in [-0.25, -0.2) is 14.6 Å². The maximum Gasteiger partial charge on any atom is 0.250 e. The van der Waals surface area contributed by atoms with Gasteiger partial charge in [0.1, 0.15) is 5.76 Å². The third-order valence-electron chi connectivity index (χ3n) is 4.28. The molecule has 0 saturated heterocycles. The van der Waals surface area contributed by atoms with Crippen LogP contribution >= 0.6 is 0 Å². The fourth-order valence-electron chi connectivity index (χ4n) is 2.53. The first kappa shape index (κ1) is 16.8. The summed E-state index contributed by atoms with van der Waals surface area (Å²) in [5, 5.41) is 11.1. The first-order valence-corrected chi connectivity index (χ1v) is 7.93. The predicted molar refractivity (Wildman–Crippen MR) is 91.7 cm³/mol. The largest absolute Gasteiger partial charge is 0.361 e. The Morgan fingerprint density at radius 1 is 1.12 bits per heavy atom. The van der Waals surface area contributed by atoms with Gasteiger partial charge in [0.2, 0.25) is 5.91 Å². The molecule has 0 bridgehead atoms. The van der Waals surface area contributed by atoms with Crippen molar-refractivity contribution in [2.24, 2.45) is 0 Å². The highest BCUT2D eigenvalue weighted by Crippen LogP contribution is 2.16. The van der Waals surface area contributed by atoms with Gasteiger partial charge in [0.15, 0.2) is 0 Å². The molecule has 3 aromatic rings. The zero-order chi connectivity index (χ0) is 18.1. The Labute approximate surface area is 145 Å². The average Bonchev–Trinajstić information content (AvgIpc) is 3.03. The zero-order valence-corrected chi connectivity index (χ0v) is 14.9. The Morgan fingerprint density at radius 2 is 1.80 bits per heavy atom. The molecule has 3 rings (SSSR count). The van der Waals surface area contributed by atoms with Gasteiger partial charge in [-0.15, -0.1) is 0 Å². The van der Waals surface area contributed by atoms with Crippen molar-refractivity contribution in [2.45, 2.75) is 41.0 Å². The lowest BCUT2D eigenvalue weighted by Gasteiger charge is -2.06. The van der Waals surface area contributed by atoms with E-state index < -0.39 is 0 Å². The SMILES string of the molecule is Cc1nn(-c2ncc(NC(=O)Cc3c(C)noc3C)cn2)c(C)c1C. The minimum absolute atomic E-state index is 0.173. The van der Waals surface area contributed by atoms with E-state index in [2.05, 4.69) is 25.5 Å². The predicted octanol–water partition coefficient (Wildman–Crippen LogP) is 2.37. The van der Waals surface area contributed by atoms with Crippen LogP contribution in [0.1, 0.15) is 34.0 Å². The molecule has 130 valence electrons. The van der Waals surface area contributed by atoms with Crippen molar-refractivity contribution in [1.29, 1.82) is 0 Å². The number of nitrogens with one attached hydrogen (secondary N) is 1. The van der Waals surface area contributed by atoms with E-state index in [1.807, 2.05) is 27.7 Å². The first-order chi connectivity index (χ1) is 11.9. The molecular weight excluding hydrogens is 320 g/mol. The number of carbonyl (C=O) groups is 1. The second kappa shape index (κ2) is 6.46. The van der Waals surface area contributed by atoms with Gasteiger partial charge in [0.05, 0.1) is 35.9 Å². The van der Waals surface area contributed by atoms with Crippen LogP contribution in [-0.2, 0) is 11.2 Å². The summed E-state index contributed by atoms with van der Waals surface area (Å²) in [6.45, 7) is 9.53. The Bertz CT molecular complexity index is 904. The van der Waals surface area contributed by atoms with Crippen LogP contribution in [0.5, 0.6) is 0 Å². The van der Waals surface area contributed by atoms with Gasteiger partial charge in [0, 0.05) is 11.3 Å². The molecule has 0 atom stereocenters. The third kappa shape index (κ3) is 3.28. The number of amides is 1. The Balaban J connectivity index is 1.72. The van der Waals surface area contributed by atoms with E-state index in [9.17, 15) is 4.79 Å². The summed E-state index contributed by atoms with van der Waals surface area (Å²) >= 11 is 0. The van der Waals surface area contributed by atoms with E-state index in [1.54, 1.807) is 24.0 Å². The van der Waals surface area contributed by atoms with Crippen LogP contribution in [0, 0.1) is 34.6 Å². The van der Waals surface area contributed by atoms with Crippen molar-refractivity contribution >= 4 is 11.6 Å². The lowest BCUT2D eigenvalue weighted by Crippen LogP contribution is -2.16. The number of hydrogen-bond acceptors (Lipinski definition) is 6. The van der Waals surface area contributed by atoms with Gasteiger partial charge in [-0.1, -0.05) is 5.16 Å². The van der Waals surface area contributed by atoms with Crippen LogP contribution in [-0.4, -0.2) is 30.8 Å². The summed E-state index contributed by atoms with van der Waals surface area (Å²) in [5.74, 6) is 0.948. The van der Waals surface area contributed by atoms with Crippen molar-refractivity contribution < 1.29 is 9.32 Å². The van der Waals surface area contributed by atoms with Crippen LogP contribution in [0.3, 0.4) is 0 Å². The minimum Gasteiger partial charge on any atom is -0.361 e. The number of anilines is 1. The molecule has 0 spiro atoms. The van der Waals surface area contributed by atoms with Gasteiger partial charge < -0.3 is 9.84 Å². The average molecular weight is 340 g/mol. The fourth-order valence-corrected chi connectivity index (χ4v) is 2.53. The van der Waals surface area contributed by atoms with Crippen LogP contribution in [0.15, 0.2) is 16.9 Å². The molecule has 0 fully saturated rings. The molecule has 0 aliphatic rings. The number of carbonyl (C=O) groups excluding carboxylic acids is 1. The molecular formula is C17H20N6O2. The highest BCUT2D eigenvalue weighted by molar-refractivity contribution is 5.92. The van der Waals surface area contributed by atoms with Gasteiger partial charge >= 0.3 is 0 Å². The monoisotopic (exact) mass is 340 g/mol. The van der Waals surface area contributed by atoms with Crippen molar-refractivity contribution in [1.82, 2.24) is 24.9 Å². The molecule has 8 heteroatoms. The van der Waals surface area contributed by atoms with Gasteiger partial charge in [-0.3, -0.25) is 4.79 Å². The number of rotatable bonds is 4. The molecule has 3 heterocycles. The molecule has 0 radical (unpaired) electrons. The molecule has 0 aliphatic heterocycles. The highest BCUT2D eigenvalue weighted by Gasteiger charge is 2.14. The second-order valence-electron chi connectivity index (χ2n) is 6.01. The standard InChI is InChI=1S/C17H20N6O2/c1-9-10(2)21-23(12(9)4)17-18-7-14(8-19-17)20-16(24)6-15-11(3)22-25-13(15)5/h7-8H,6H2,1-5H3,(H,20,24). The molecule has 1 N–H and O–H groups in total. The Kier molecular flexibility index (Phi) is 4.35. The van der Waals surface area contributed by atoms with Crippen LogP contribution < -0.4 is 5.32 Å². The van der Waals surface area contributed by atoms with E-state index in [-0.39, 0.29) is 12.3 Å². The summed E-state index contributed by atoms with van der Waals surface area (Å²) < 4.78 is 6.76. The Morgan fingerprint density at radius 3 is 2.32 bits per heavy atom. The summed E-state index contributed by atoms with van der Waals surface area (Å²) in [6.07, 6.45) is 3.33. The van der Waals surface area contributed by atoms with E-state index >= 15 is 0 Å². The van der Waals surface area contributed by atoms with Crippen LogP contribution in [0.4, 0.5) is 5.69 Å². The fraction of sp³-hybridized carbons (Fsp3) is 0.353. The van der Waals surface area contributed by atoms with Crippen molar-refractivity contribution in [3.05, 3.63) is 46.4 Å². The minimum atomic E-state index is -0.173. The van der Waals surface area contributed by atoms with Crippen molar-refractivity contribution in [3.8, 4) is 5.95 Å². The van der Waals surface area contributed by atoms with Gasteiger partial charge in [-0.05, 0) is 40.2 Å². The van der Waals surface area contributed by atoms with E-state index in [0.29, 0.717) is 17.4 Å². The maximum absolute atomic E-state index is 12.2. The molecule has 1 amide bonds. The smallest absolute Gasteiger partial charge is 0.250 e. The quantitative estimate of drug-likeness (QED) is 0.783. The number of aromatic nitrogens is 5. The van der Waals surface area contributed by atoms with Crippen molar-refractivity contribution in [3.63, 3.8) is 0 Å². The van der Waals surface area contributed by atoms with E-state index in [1.165, 1.54) is 0 Å². The topological polar surface area (TPSA) is 98.7 Å². The third-order valence-corrected chi connectivity index (χ3v) is 4.28. The van der Waals surface area contributed by atoms with Crippen LogP contribution in [0.25, 0.3) is 5.95 Å². The molecule has 0 aromatic carbocycles. The molecule has 0 aliphatic carbocycles. The zero-order valence-electron chi connectivity index (χ0n) is 14.9.